The molecule has 0 amide bonds. The molecular weight excluding hydrogens is 633 g/mol. The first-order chi connectivity index (χ1) is 25.8. The molecule has 0 unspecified atom stereocenters. The maximum Gasteiger partial charge on any atom is 0.0972 e. The van der Waals surface area contributed by atoms with Gasteiger partial charge in [0.15, 0.2) is 0 Å². The molecule has 0 atom stereocenters. The third kappa shape index (κ3) is 5.17. The first kappa shape index (κ1) is 29.8. The van der Waals surface area contributed by atoms with Crippen molar-refractivity contribution in [3.05, 3.63) is 182 Å². The van der Waals surface area contributed by atoms with Crippen LogP contribution in [0.3, 0.4) is 0 Å². The quantitative estimate of drug-likeness (QED) is 0.172. The SMILES string of the molecule is c1cc(-c2ccc3ccc4cccnc4c3n2)cc(-c2ccccc2-c2ccccc2-c2cccc(-c3ccc4ccc5cccnc5c4n3)c2)c1. The van der Waals surface area contributed by atoms with Crippen LogP contribution in [0.5, 0.6) is 0 Å². The number of aromatic nitrogens is 4. The van der Waals surface area contributed by atoms with Crippen molar-refractivity contribution >= 4 is 43.6 Å². The molecule has 0 radical (unpaired) electrons. The van der Waals surface area contributed by atoms with Gasteiger partial charge in [0.25, 0.3) is 0 Å². The van der Waals surface area contributed by atoms with Gasteiger partial charge >= 0.3 is 0 Å². The van der Waals surface area contributed by atoms with Gasteiger partial charge in [-0.2, -0.15) is 0 Å². The van der Waals surface area contributed by atoms with Crippen LogP contribution < -0.4 is 0 Å². The third-order valence-electron chi connectivity index (χ3n) is 9.95. The summed E-state index contributed by atoms with van der Waals surface area (Å²) in [7, 11) is 0. The van der Waals surface area contributed by atoms with E-state index in [0.29, 0.717) is 0 Å². The third-order valence-corrected chi connectivity index (χ3v) is 9.95. The Bertz CT molecular complexity index is 2780. The predicted molar refractivity (Wildman–Crippen MR) is 215 cm³/mol. The van der Waals surface area contributed by atoms with E-state index < -0.39 is 0 Å². The number of fused-ring (bicyclic) bond motifs is 6. The number of nitrogens with zero attached hydrogens (tertiary/aromatic N) is 4. The molecule has 0 bridgehead atoms. The first-order valence-electron chi connectivity index (χ1n) is 17.5. The Morgan fingerprint density at radius 2 is 0.654 bits per heavy atom. The fraction of sp³-hybridized carbons (Fsp3) is 0. The van der Waals surface area contributed by atoms with Gasteiger partial charge in [-0.05, 0) is 69.8 Å². The Balaban J connectivity index is 1.05. The molecule has 0 aliphatic carbocycles. The summed E-state index contributed by atoms with van der Waals surface area (Å²) < 4.78 is 0. The number of rotatable bonds is 5. The molecule has 242 valence electrons. The molecule has 10 aromatic rings. The lowest BCUT2D eigenvalue weighted by atomic mass is 9.88. The van der Waals surface area contributed by atoms with E-state index in [4.69, 9.17) is 9.97 Å². The fourth-order valence-electron chi connectivity index (χ4n) is 7.40. The highest BCUT2D eigenvalue weighted by atomic mass is 14.8. The Hall–Kier alpha value is -7.04. The van der Waals surface area contributed by atoms with Crippen molar-refractivity contribution in [3.63, 3.8) is 0 Å². The highest BCUT2D eigenvalue weighted by molar-refractivity contribution is 6.04. The zero-order valence-corrected chi connectivity index (χ0v) is 28.1. The van der Waals surface area contributed by atoms with Crippen molar-refractivity contribution in [1.29, 1.82) is 0 Å². The summed E-state index contributed by atoms with van der Waals surface area (Å²) in [4.78, 5) is 19.6. The minimum atomic E-state index is 0.918. The van der Waals surface area contributed by atoms with E-state index in [1.807, 2.05) is 24.5 Å². The van der Waals surface area contributed by atoms with Crippen LogP contribution in [0.4, 0.5) is 0 Å². The van der Waals surface area contributed by atoms with E-state index in [0.717, 1.165) is 88.4 Å². The summed E-state index contributed by atoms with van der Waals surface area (Å²) in [5.74, 6) is 0. The van der Waals surface area contributed by atoms with Gasteiger partial charge in [-0.1, -0.05) is 133 Å². The van der Waals surface area contributed by atoms with Gasteiger partial charge in [0.2, 0.25) is 0 Å². The fourth-order valence-corrected chi connectivity index (χ4v) is 7.40. The van der Waals surface area contributed by atoms with E-state index in [2.05, 4.69) is 168 Å². The van der Waals surface area contributed by atoms with E-state index in [1.165, 1.54) is 11.1 Å². The van der Waals surface area contributed by atoms with Crippen LogP contribution in [0.2, 0.25) is 0 Å². The van der Waals surface area contributed by atoms with Crippen molar-refractivity contribution in [2.75, 3.05) is 0 Å². The van der Waals surface area contributed by atoms with Crippen LogP contribution >= 0.6 is 0 Å². The average molecular weight is 663 g/mol. The highest BCUT2D eigenvalue weighted by Crippen LogP contribution is 2.40. The minimum Gasteiger partial charge on any atom is -0.254 e. The van der Waals surface area contributed by atoms with Crippen LogP contribution in [-0.4, -0.2) is 19.9 Å². The summed E-state index contributed by atoms with van der Waals surface area (Å²) in [6, 6.07) is 59.8. The molecular formula is C48H30N4. The summed E-state index contributed by atoms with van der Waals surface area (Å²) >= 11 is 0. The molecule has 0 fully saturated rings. The van der Waals surface area contributed by atoms with Gasteiger partial charge in [-0.15, -0.1) is 0 Å². The van der Waals surface area contributed by atoms with E-state index in [-0.39, 0.29) is 0 Å². The topological polar surface area (TPSA) is 51.6 Å². The smallest absolute Gasteiger partial charge is 0.0972 e. The molecule has 0 aliphatic rings. The Labute approximate surface area is 300 Å². The van der Waals surface area contributed by atoms with E-state index >= 15 is 0 Å². The maximum atomic E-state index is 5.14. The van der Waals surface area contributed by atoms with Gasteiger partial charge in [0.1, 0.15) is 0 Å². The van der Waals surface area contributed by atoms with E-state index in [1.54, 1.807) is 0 Å². The zero-order chi connectivity index (χ0) is 34.4. The first-order valence-corrected chi connectivity index (χ1v) is 17.5. The number of benzene rings is 6. The monoisotopic (exact) mass is 662 g/mol. The zero-order valence-electron chi connectivity index (χ0n) is 28.1. The molecule has 52 heavy (non-hydrogen) atoms. The number of pyridine rings is 4. The summed E-state index contributed by atoms with van der Waals surface area (Å²) in [6.45, 7) is 0. The van der Waals surface area contributed by atoms with Crippen molar-refractivity contribution in [1.82, 2.24) is 19.9 Å². The molecule has 0 spiro atoms. The van der Waals surface area contributed by atoms with Crippen LogP contribution in [0.25, 0.3) is 99.5 Å². The lowest BCUT2D eigenvalue weighted by Crippen LogP contribution is -1.92. The van der Waals surface area contributed by atoms with Crippen molar-refractivity contribution in [2.45, 2.75) is 0 Å². The highest BCUT2D eigenvalue weighted by Gasteiger charge is 2.15. The molecule has 4 aromatic heterocycles. The second kappa shape index (κ2) is 12.4. The lowest BCUT2D eigenvalue weighted by Gasteiger charge is -2.16. The standard InChI is InChI=1S/C48H30N4/c1-3-17-41(39(15-1)35-9-5-11-37(29-35)43-25-23-33-21-19-31-13-7-27-49-45(31)47(33)51-43)42-18-4-2-16-40(42)36-10-6-12-38(30-36)44-26-24-34-22-20-32-14-8-28-50-46(32)48(34)52-44/h1-30H. The van der Waals surface area contributed by atoms with Gasteiger partial charge < -0.3 is 0 Å². The summed E-state index contributed by atoms with van der Waals surface area (Å²) in [6.07, 6.45) is 3.67. The maximum absolute atomic E-state index is 5.14. The second-order valence-corrected chi connectivity index (χ2v) is 13.1. The van der Waals surface area contributed by atoms with E-state index in [9.17, 15) is 0 Å². The van der Waals surface area contributed by atoms with Gasteiger partial charge in [-0.3, -0.25) is 9.97 Å². The van der Waals surface area contributed by atoms with Gasteiger partial charge in [0.05, 0.1) is 33.5 Å². The van der Waals surface area contributed by atoms with Crippen LogP contribution in [0, 0.1) is 0 Å². The largest absolute Gasteiger partial charge is 0.254 e. The minimum absolute atomic E-state index is 0.918. The molecule has 0 aliphatic heterocycles. The summed E-state index contributed by atoms with van der Waals surface area (Å²) in [5.41, 5.74) is 14.6. The van der Waals surface area contributed by atoms with Crippen LogP contribution in [0.1, 0.15) is 0 Å². The lowest BCUT2D eigenvalue weighted by molar-refractivity contribution is 1.37. The van der Waals surface area contributed by atoms with Crippen molar-refractivity contribution in [2.24, 2.45) is 0 Å². The van der Waals surface area contributed by atoms with Crippen molar-refractivity contribution < 1.29 is 0 Å². The van der Waals surface area contributed by atoms with Gasteiger partial charge in [0, 0.05) is 45.1 Å². The number of hydrogen-bond donors (Lipinski definition) is 0. The molecule has 0 N–H and O–H groups in total. The summed E-state index contributed by atoms with van der Waals surface area (Å²) in [5, 5.41) is 4.34. The van der Waals surface area contributed by atoms with Crippen LogP contribution in [-0.2, 0) is 0 Å². The predicted octanol–water partition coefficient (Wildman–Crippen LogP) is 12.2. The molecule has 6 aromatic carbocycles. The van der Waals surface area contributed by atoms with Crippen molar-refractivity contribution in [3.8, 4) is 55.9 Å². The van der Waals surface area contributed by atoms with Gasteiger partial charge in [-0.25, -0.2) is 9.97 Å². The Kier molecular flexibility index (Phi) is 7.10. The molecule has 0 saturated carbocycles. The normalized spacial score (nSPS) is 11.5. The average Bonchev–Trinajstić information content (AvgIpc) is 3.23. The van der Waals surface area contributed by atoms with Crippen LogP contribution in [0.15, 0.2) is 182 Å². The number of hydrogen-bond acceptors (Lipinski definition) is 4. The molecule has 4 nitrogen and oxygen atoms in total. The molecule has 4 heterocycles. The molecule has 0 saturated heterocycles. The Morgan fingerprint density at radius 3 is 1.12 bits per heavy atom. The molecule has 4 heteroatoms. The molecule has 10 rings (SSSR count). The Morgan fingerprint density at radius 1 is 0.269 bits per heavy atom. The second-order valence-electron chi connectivity index (χ2n) is 13.1.